The van der Waals surface area contributed by atoms with Crippen LogP contribution < -0.4 is 0 Å². The molecule has 0 spiro atoms. The van der Waals surface area contributed by atoms with E-state index >= 15 is 0 Å². The van der Waals surface area contributed by atoms with Crippen LogP contribution in [0, 0.1) is 35.5 Å². The van der Waals surface area contributed by atoms with Gasteiger partial charge in [0.15, 0.2) is 0 Å². The van der Waals surface area contributed by atoms with Crippen molar-refractivity contribution in [1.82, 2.24) is 0 Å². The van der Waals surface area contributed by atoms with Gasteiger partial charge in [-0.1, -0.05) is 17.9 Å². The van der Waals surface area contributed by atoms with Gasteiger partial charge in [-0.05, 0) is 42.8 Å². The molecule has 2 heteroatoms. The number of hydrogen-bond donors (Lipinski definition) is 2. The van der Waals surface area contributed by atoms with Gasteiger partial charge in [0.05, 0.1) is 0 Å². The van der Waals surface area contributed by atoms with Gasteiger partial charge in [-0.25, -0.2) is 0 Å². The summed E-state index contributed by atoms with van der Waals surface area (Å²) in [6.07, 6.45) is 2.08. The summed E-state index contributed by atoms with van der Waals surface area (Å²) in [7, 11) is 0. The molecule has 0 aliphatic rings. The van der Waals surface area contributed by atoms with Crippen molar-refractivity contribution in [2.24, 2.45) is 0 Å². The van der Waals surface area contributed by atoms with E-state index in [1.54, 1.807) is 6.92 Å². The van der Waals surface area contributed by atoms with Gasteiger partial charge in [-0.3, -0.25) is 0 Å². The van der Waals surface area contributed by atoms with Crippen LogP contribution in [0.5, 0.6) is 0 Å². The quantitative estimate of drug-likeness (QED) is 0.514. The highest BCUT2D eigenvalue weighted by Crippen LogP contribution is 1.95. The van der Waals surface area contributed by atoms with Gasteiger partial charge < -0.3 is 10.2 Å². The number of aliphatic hydroxyl groups excluding tert-OH is 2. The number of rotatable bonds is 3. The third-order valence-corrected chi connectivity index (χ3v) is 1.35. The lowest BCUT2D eigenvalue weighted by Crippen LogP contribution is -2.20. The van der Waals surface area contributed by atoms with Crippen LogP contribution in [-0.2, 0) is 0 Å². The third-order valence-electron chi connectivity index (χ3n) is 1.35. The number of aliphatic hydroxyl groups is 2. The summed E-state index contributed by atoms with van der Waals surface area (Å²) in [5.41, 5.74) is 0. The molecule has 76 valence electrons. The Kier molecular flexibility index (Phi) is 7.56. The first-order valence-corrected chi connectivity index (χ1v) is 4.30. The van der Waals surface area contributed by atoms with E-state index < -0.39 is 12.2 Å². The zero-order valence-corrected chi connectivity index (χ0v) is 8.49. The van der Waals surface area contributed by atoms with E-state index in [2.05, 4.69) is 42.1 Å². The highest BCUT2D eigenvalue weighted by atomic mass is 16.3. The van der Waals surface area contributed by atoms with Gasteiger partial charge in [0.2, 0.25) is 0 Å². The summed E-state index contributed by atoms with van der Waals surface area (Å²) >= 11 is 0. The molecule has 0 aromatic carbocycles. The molecule has 0 aromatic rings. The Balaban J connectivity index is 4.14. The Morgan fingerprint density at radius 3 is 2.33 bits per heavy atom. The second-order valence-corrected chi connectivity index (χ2v) is 2.47. The van der Waals surface area contributed by atoms with Gasteiger partial charge in [0.25, 0.3) is 0 Å². The predicted molar refractivity (Wildman–Crippen MR) is 60.4 cm³/mol. The average Bonchev–Trinajstić information content (AvgIpc) is 2.26. The molecule has 0 aliphatic heterocycles. The minimum atomic E-state index is -0.986. The van der Waals surface area contributed by atoms with E-state index in [1.807, 2.05) is 0 Å². The largest absolute Gasteiger partial charge is 0.386 e. The molecular formula is C13H12O2. The van der Waals surface area contributed by atoms with Gasteiger partial charge in [-0.15, -0.1) is 6.58 Å². The molecule has 0 fully saturated rings. The molecule has 0 unspecified atom stereocenters. The van der Waals surface area contributed by atoms with Crippen LogP contribution in [0.1, 0.15) is 6.92 Å². The van der Waals surface area contributed by atoms with Crippen molar-refractivity contribution in [2.75, 3.05) is 0 Å². The highest BCUT2D eigenvalue weighted by molar-refractivity contribution is 5.37. The lowest BCUT2D eigenvalue weighted by molar-refractivity contribution is 0.0811. The topological polar surface area (TPSA) is 40.5 Å². The SMILES string of the molecule is C=C[C@H](O)[C@H](O)/C=C/C#CC#CC#CC. The lowest BCUT2D eigenvalue weighted by Gasteiger charge is -2.07. The summed E-state index contributed by atoms with van der Waals surface area (Å²) in [5.74, 6) is 15.2. The van der Waals surface area contributed by atoms with E-state index in [-0.39, 0.29) is 0 Å². The van der Waals surface area contributed by atoms with Gasteiger partial charge in [0.1, 0.15) is 12.2 Å². The first kappa shape index (κ1) is 13.1. The maximum atomic E-state index is 9.22. The van der Waals surface area contributed by atoms with Gasteiger partial charge >= 0.3 is 0 Å². The monoisotopic (exact) mass is 200 g/mol. The van der Waals surface area contributed by atoms with Crippen LogP contribution in [0.3, 0.4) is 0 Å². The van der Waals surface area contributed by atoms with Crippen molar-refractivity contribution < 1.29 is 10.2 Å². The van der Waals surface area contributed by atoms with Crippen molar-refractivity contribution in [2.45, 2.75) is 19.1 Å². The Morgan fingerprint density at radius 1 is 1.07 bits per heavy atom. The molecular weight excluding hydrogens is 188 g/mol. The molecule has 2 N–H and O–H groups in total. The van der Waals surface area contributed by atoms with Crippen LogP contribution in [0.4, 0.5) is 0 Å². The molecule has 2 atom stereocenters. The standard InChI is InChI=1S/C13H12O2/c1-3-5-6-7-8-9-10-11-13(15)12(14)4-2/h4,10-15H,2H2,1H3/b11-10+/t12-,13+/m0/s1. The Morgan fingerprint density at radius 2 is 1.73 bits per heavy atom. The fourth-order valence-electron chi connectivity index (χ4n) is 0.603. The van der Waals surface area contributed by atoms with E-state index in [4.69, 9.17) is 5.11 Å². The van der Waals surface area contributed by atoms with E-state index in [9.17, 15) is 5.11 Å². The Labute approximate surface area is 90.3 Å². The van der Waals surface area contributed by atoms with Crippen LogP contribution in [-0.4, -0.2) is 22.4 Å². The molecule has 0 aromatic heterocycles. The smallest absolute Gasteiger partial charge is 0.102 e. The molecule has 0 aliphatic carbocycles. The highest BCUT2D eigenvalue weighted by Gasteiger charge is 2.06. The molecule has 0 rings (SSSR count). The molecule has 2 nitrogen and oxygen atoms in total. The molecule has 0 radical (unpaired) electrons. The average molecular weight is 200 g/mol. The first-order chi connectivity index (χ1) is 7.22. The fourth-order valence-corrected chi connectivity index (χ4v) is 0.603. The summed E-state index contributed by atoms with van der Waals surface area (Å²) in [5, 5.41) is 18.3. The molecule has 0 heterocycles. The lowest BCUT2D eigenvalue weighted by atomic mass is 10.2. The minimum Gasteiger partial charge on any atom is -0.386 e. The number of allylic oxidation sites excluding steroid dienone is 1. The van der Waals surface area contributed by atoms with Crippen molar-refractivity contribution in [1.29, 1.82) is 0 Å². The summed E-state index contributed by atoms with van der Waals surface area (Å²) in [6.45, 7) is 5.03. The predicted octanol–water partition coefficient (Wildman–Crippen LogP) is 0.480. The van der Waals surface area contributed by atoms with Crippen LogP contribution in [0.2, 0.25) is 0 Å². The normalized spacial score (nSPS) is 12.2. The zero-order valence-electron chi connectivity index (χ0n) is 8.49. The van der Waals surface area contributed by atoms with Crippen molar-refractivity contribution in [3.05, 3.63) is 24.8 Å². The first-order valence-electron chi connectivity index (χ1n) is 4.30. The van der Waals surface area contributed by atoms with Gasteiger partial charge in [-0.2, -0.15) is 0 Å². The van der Waals surface area contributed by atoms with Crippen LogP contribution >= 0.6 is 0 Å². The van der Waals surface area contributed by atoms with Crippen molar-refractivity contribution in [3.8, 4) is 35.5 Å². The van der Waals surface area contributed by atoms with E-state index in [0.29, 0.717) is 0 Å². The Bertz CT molecular complexity index is 399. The van der Waals surface area contributed by atoms with Crippen LogP contribution in [0.25, 0.3) is 0 Å². The third kappa shape index (κ3) is 7.17. The van der Waals surface area contributed by atoms with Crippen molar-refractivity contribution in [3.63, 3.8) is 0 Å². The summed E-state index contributed by atoms with van der Waals surface area (Å²) in [6, 6.07) is 0. The van der Waals surface area contributed by atoms with Crippen LogP contribution in [0.15, 0.2) is 24.8 Å². The molecule has 15 heavy (non-hydrogen) atoms. The van der Waals surface area contributed by atoms with E-state index in [1.165, 1.54) is 18.2 Å². The Hall–Kier alpha value is -1.92. The second-order valence-electron chi connectivity index (χ2n) is 2.47. The minimum absolute atomic E-state index is 0.972. The fraction of sp³-hybridized carbons (Fsp3) is 0.231. The number of hydrogen-bond acceptors (Lipinski definition) is 2. The summed E-state index contributed by atoms with van der Waals surface area (Å²) in [4.78, 5) is 0. The molecule has 0 bridgehead atoms. The summed E-state index contributed by atoms with van der Waals surface area (Å²) < 4.78 is 0. The molecule has 0 saturated carbocycles. The maximum Gasteiger partial charge on any atom is 0.102 e. The van der Waals surface area contributed by atoms with Crippen molar-refractivity contribution >= 4 is 0 Å². The molecule has 0 saturated heterocycles. The molecule has 0 amide bonds. The van der Waals surface area contributed by atoms with Gasteiger partial charge in [0, 0.05) is 0 Å². The maximum absolute atomic E-state index is 9.22. The zero-order chi connectivity index (χ0) is 11.5. The van der Waals surface area contributed by atoms with E-state index in [0.717, 1.165) is 0 Å². The second kappa shape index (κ2) is 8.67.